The zero-order valence-corrected chi connectivity index (χ0v) is 11.9. The number of non-ortho nitro benzene ring substituents is 1. The van der Waals surface area contributed by atoms with Crippen molar-refractivity contribution in [1.82, 2.24) is 0 Å². The highest BCUT2D eigenvalue weighted by Crippen LogP contribution is 2.29. The second-order valence-electron chi connectivity index (χ2n) is 3.77. The Kier molecular flexibility index (Phi) is 4.33. The predicted octanol–water partition coefficient (Wildman–Crippen LogP) is 3.48. The number of benzene rings is 2. The van der Waals surface area contributed by atoms with Crippen molar-refractivity contribution >= 4 is 28.3 Å². The first kappa shape index (κ1) is 13.8. The molecule has 0 spiro atoms. The fourth-order valence-corrected chi connectivity index (χ4v) is 2.07. The number of nitro benzene ring substituents is 1. The van der Waals surface area contributed by atoms with Gasteiger partial charge in [0.15, 0.2) is 0 Å². The molecule has 0 saturated heterocycles. The molecule has 19 heavy (non-hydrogen) atoms. The molecule has 98 valence electrons. The van der Waals surface area contributed by atoms with E-state index in [1.165, 1.54) is 18.2 Å². The predicted molar refractivity (Wildman–Crippen MR) is 78.3 cm³/mol. The van der Waals surface area contributed by atoms with Gasteiger partial charge < -0.3 is 9.84 Å². The van der Waals surface area contributed by atoms with Gasteiger partial charge in [0.2, 0.25) is 0 Å². The van der Waals surface area contributed by atoms with Gasteiger partial charge in [-0.3, -0.25) is 10.1 Å². The summed E-state index contributed by atoms with van der Waals surface area (Å²) in [5, 5.41) is 19.9. The average Bonchev–Trinajstić information content (AvgIpc) is 2.39. The van der Waals surface area contributed by atoms with E-state index in [4.69, 9.17) is 4.74 Å². The molecule has 0 radical (unpaired) electrons. The SMILES string of the molecule is O=[N+]([O-])c1ccc(Oc2cccc(I)c2)c(CO)c1. The van der Waals surface area contributed by atoms with Crippen molar-refractivity contribution < 1.29 is 14.8 Å². The summed E-state index contributed by atoms with van der Waals surface area (Å²) in [5.74, 6) is 1.03. The zero-order valence-electron chi connectivity index (χ0n) is 9.75. The fraction of sp³-hybridized carbons (Fsp3) is 0.0769. The third kappa shape index (κ3) is 3.42. The molecule has 0 saturated carbocycles. The molecule has 0 aromatic heterocycles. The van der Waals surface area contributed by atoms with Gasteiger partial charge in [0.1, 0.15) is 11.5 Å². The van der Waals surface area contributed by atoms with E-state index in [9.17, 15) is 15.2 Å². The molecule has 0 unspecified atom stereocenters. The van der Waals surface area contributed by atoms with Crippen molar-refractivity contribution in [3.05, 3.63) is 61.7 Å². The molecule has 0 aliphatic rings. The molecule has 0 aliphatic heterocycles. The summed E-state index contributed by atoms with van der Waals surface area (Å²) in [5.41, 5.74) is 0.312. The maximum absolute atomic E-state index is 10.7. The lowest BCUT2D eigenvalue weighted by Crippen LogP contribution is -1.95. The smallest absolute Gasteiger partial charge is 0.270 e. The number of rotatable bonds is 4. The van der Waals surface area contributed by atoms with E-state index in [-0.39, 0.29) is 12.3 Å². The summed E-state index contributed by atoms with van der Waals surface area (Å²) < 4.78 is 6.64. The Morgan fingerprint density at radius 3 is 2.68 bits per heavy atom. The average molecular weight is 371 g/mol. The molecular formula is C13H10INO4. The minimum Gasteiger partial charge on any atom is -0.457 e. The van der Waals surface area contributed by atoms with Gasteiger partial charge in [0.05, 0.1) is 11.5 Å². The second kappa shape index (κ2) is 5.98. The van der Waals surface area contributed by atoms with E-state index >= 15 is 0 Å². The number of nitro groups is 1. The van der Waals surface area contributed by atoms with Crippen LogP contribution >= 0.6 is 22.6 Å². The van der Waals surface area contributed by atoms with Gasteiger partial charge in [-0.1, -0.05) is 6.07 Å². The standard InChI is InChI=1S/C13H10INO4/c14-10-2-1-3-12(7-10)19-13-5-4-11(15(17)18)6-9(13)8-16/h1-7,16H,8H2. The van der Waals surface area contributed by atoms with Crippen LogP contribution in [0, 0.1) is 13.7 Å². The Morgan fingerprint density at radius 1 is 1.26 bits per heavy atom. The molecule has 2 rings (SSSR count). The summed E-state index contributed by atoms with van der Waals surface area (Å²) in [7, 11) is 0. The van der Waals surface area contributed by atoms with E-state index in [1.807, 2.05) is 18.2 Å². The minimum absolute atomic E-state index is 0.0703. The molecule has 0 heterocycles. The molecule has 0 fully saturated rings. The van der Waals surface area contributed by atoms with E-state index in [2.05, 4.69) is 22.6 Å². The van der Waals surface area contributed by atoms with Crippen molar-refractivity contribution in [1.29, 1.82) is 0 Å². The van der Waals surface area contributed by atoms with Gasteiger partial charge in [-0.05, 0) is 46.9 Å². The van der Waals surface area contributed by atoms with Crippen molar-refractivity contribution in [2.45, 2.75) is 6.61 Å². The molecule has 6 heteroatoms. The zero-order chi connectivity index (χ0) is 13.8. The lowest BCUT2D eigenvalue weighted by atomic mass is 10.2. The van der Waals surface area contributed by atoms with Crippen molar-refractivity contribution in [2.75, 3.05) is 0 Å². The summed E-state index contributed by atoms with van der Waals surface area (Å²) >= 11 is 2.16. The highest BCUT2D eigenvalue weighted by Gasteiger charge is 2.11. The van der Waals surface area contributed by atoms with Crippen LogP contribution in [0.1, 0.15) is 5.56 Å². The monoisotopic (exact) mass is 371 g/mol. The van der Waals surface area contributed by atoms with Crippen LogP contribution in [0.15, 0.2) is 42.5 Å². The van der Waals surface area contributed by atoms with Crippen LogP contribution in [0.5, 0.6) is 11.5 Å². The molecule has 0 amide bonds. The molecule has 0 bridgehead atoms. The Hall–Kier alpha value is -1.67. The topological polar surface area (TPSA) is 72.6 Å². The van der Waals surface area contributed by atoms with Crippen molar-refractivity contribution in [3.63, 3.8) is 0 Å². The van der Waals surface area contributed by atoms with Crippen LogP contribution in [0.4, 0.5) is 5.69 Å². The first-order chi connectivity index (χ1) is 9.10. The Morgan fingerprint density at radius 2 is 2.05 bits per heavy atom. The highest BCUT2D eigenvalue weighted by atomic mass is 127. The van der Waals surface area contributed by atoms with Gasteiger partial charge in [0.25, 0.3) is 5.69 Å². The van der Waals surface area contributed by atoms with Crippen molar-refractivity contribution in [2.24, 2.45) is 0 Å². The van der Waals surface area contributed by atoms with Gasteiger partial charge >= 0.3 is 0 Å². The molecule has 1 N–H and O–H groups in total. The summed E-state index contributed by atoms with van der Waals surface area (Å²) in [4.78, 5) is 10.2. The van der Waals surface area contributed by atoms with E-state index in [1.54, 1.807) is 6.07 Å². The van der Waals surface area contributed by atoms with Gasteiger partial charge in [-0.15, -0.1) is 0 Å². The molecule has 5 nitrogen and oxygen atoms in total. The van der Waals surface area contributed by atoms with Crippen LogP contribution in [0.2, 0.25) is 0 Å². The number of aliphatic hydroxyl groups excluding tert-OH is 1. The van der Waals surface area contributed by atoms with Crippen LogP contribution in [0.25, 0.3) is 0 Å². The maximum atomic E-state index is 10.7. The molecular weight excluding hydrogens is 361 g/mol. The number of hydrogen-bond donors (Lipinski definition) is 1. The first-order valence-corrected chi connectivity index (χ1v) is 6.49. The summed E-state index contributed by atoms with van der Waals surface area (Å²) in [6.07, 6.45) is 0. The quantitative estimate of drug-likeness (QED) is 0.508. The van der Waals surface area contributed by atoms with Crippen LogP contribution < -0.4 is 4.74 Å². The maximum Gasteiger partial charge on any atom is 0.270 e. The number of halogens is 1. The second-order valence-corrected chi connectivity index (χ2v) is 5.01. The van der Waals surface area contributed by atoms with Crippen molar-refractivity contribution in [3.8, 4) is 11.5 Å². The van der Waals surface area contributed by atoms with E-state index in [0.29, 0.717) is 17.1 Å². The normalized spacial score (nSPS) is 10.2. The third-order valence-corrected chi connectivity index (χ3v) is 3.12. The van der Waals surface area contributed by atoms with Gasteiger partial charge in [0, 0.05) is 21.3 Å². The first-order valence-electron chi connectivity index (χ1n) is 5.42. The number of hydrogen-bond acceptors (Lipinski definition) is 4. The largest absolute Gasteiger partial charge is 0.457 e. The molecule has 2 aromatic carbocycles. The summed E-state index contributed by atoms with van der Waals surface area (Å²) in [6, 6.07) is 11.5. The highest BCUT2D eigenvalue weighted by molar-refractivity contribution is 14.1. The molecule has 2 aromatic rings. The third-order valence-electron chi connectivity index (χ3n) is 2.45. The molecule has 0 aliphatic carbocycles. The van der Waals surface area contributed by atoms with Crippen LogP contribution in [-0.4, -0.2) is 10.0 Å². The number of nitrogens with zero attached hydrogens (tertiary/aromatic N) is 1. The minimum atomic E-state index is -0.506. The fourth-order valence-electron chi connectivity index (χ4n) is 1.56. The van der Waals surface area contributed by atoms with Crippen LogP contribution in [0.3, 0.4) is 0 Å². The Balaban J connectivity index is 2.32. The molecule has 0 atom stereocenters. The van der Waals surface area contributed by atoms with E-state index in [0.717, 1.165) is 3.57 Å². The van der Waals surface area contributed by atoms with Gasteiger partial charge in [-0.25, -0.2) is 0 Å². The summed E-state index contributed by atoms with van der Waals surface area (Å²) in [6.45, 7) is -0.319. The van der Waals surface area contributed by atoms with E-state index < -0.39 is 4.92 Å². The number of ether oxygens (including phenoxy) is 1. The van der Waals surface area contributed by atoms with Crippen LogP contribution in [-0.2, 0) is 6.61 Å². The van der Waals surface area contributed by atoms with Gasteiger partial charge in [-0.2, -0.15) is 0 Å². The number of aliphatic hydroxyl groups is 1. The Labute approximate surface area is 123 Å². The lowest BCUT2D eigenvalue weighted by Gasteiger charge is -2.09. The lowest BCUT2D eigenvalue weighted by molar-refractivity contribution is -0.385. The Bertz CT molecular complexity index is 615.